The Bertz CT molecular complexity index is 622. The third-order valence-corrected chi connectivity index (χ3v) is 5.00. The summed E-state index contributed by atoms with van der Waals surface area (Å²) >= 11 is 7.52. The summed E-state index contributed by atoms with van der Waals surface area (Å²) in [5, 5.41) is 3.28. The molecule has 2 saturated heterocycles. The van der Waals surface area contributed by atoms with Gasteiger partial charge in [0, 0.05) is 11.6 Å². The van der Waals surface area contributed by atoms with Gasteiger partial charge in [0.1, 0.15) is 18.9 Å². The van der Waals surface area contributed by atoms with Gasteiger partial charge in [-0.05, 0) is 31.0 Å². The van der Waals surface area contributed by atoms with E-state index in [0.717, 1.165) is 19.4 Å². The van der Waals surface area contributed by atoms with E-state index < -0.39 is 0 Å². The van der Waals surface area contributed by atoms with Crippen LogP contribution in [-0.4, -0.2) is 54.2 Å². The molecule has 1 N–H and O–H groups in total. The Morgan fingerprint density at radius 3 is 3.08 bits per heavy atom. The second-order valence-electron chi connectivity index (χ2n) is 5.70. The number of halogens is 1. The molecule has 3 rings (SSSR count). The highest BCUT2D eigenvalue weighted by Gasteiger charge is 2.23. The van der Waals surface area contributed by atoms with Crippen molar-refractivity contribution < 1.29 is 19.1 Å². The number of rotatable bonds is 6. The third kappa shape index (κ3) is 4.55. The number of nitrogens with zero attached hydrogens (tertiary/aromatic N) is 1. The average Bonchev–Trinajstić information content (AvgIpc) is 3.19. The molecular formula is C16H19ClN2O4S. The first-order valence-corrected chi connectivity index (χ1v) is 9.34. The van der Waals surface area contributed by atoms with Crippen LogP contribution < -0.4 is 10.1 Å². The lowest BCUT2D eigenvalue weighted by Gasteiger charge is -2.17. The lowest BCUT2D eigenvalue weighted by atomic mass is 10.2. The van der Waals surface area contributed by atoms with E-state index in [2.05, 4.69) is 5.32 Å². The van der Waals surface area contributed by atoms with Gasteiger partial charge in [-0.1, -0.05) is 11.6 Å². The molecule has 2 aliphatic heterocycles. The lowest BCUT2D eigenvalue weighted by molar-refractivity contribution is -0.130. The van der Waals surface area contributed by atoms with Gasteiger partial charge < -0.3 is 19.7 Å². The summed E-state index contributed by atoms with van der Waals surface area (Å²) in [7, 11) is 0. The molecule has 1 atom stereocenters. The van der Waals surface area contributed by atoms with E-state index in [1.54, 1.807) is 18.2 Å². The van der Waals surface area contributed by atoms with Crippen LogP contribution in [0.4, 0.5) is 5.69 Å². The molecule has 2 aliphatic rings. The Labute approximate surface area is 149 Å². The largest absolute Gasteiger partial charge is 0.489 e. The van der Waals surface area contributed by atoms with Crippen LogP contribution in [0.25, 0.3) is 0 Å². The summed E-state index contributed by atoms with van der Waals surface area (Å²) in [5.41, 5.74) is 0.504. The van der Waals surface area contributed by atoms with Crippen molar-refractivity contribution in [1.29, 1.82) is 0 Å². The topological polar surface area (TPSA) is 67.9 Å². The van der Waals surface area contributed by atoms with Gasteiger partial charge in [0.2, 0.25) is 11.8 Å². The summed E-state index contributed by atoms with van der Waals surface area (Å²) in [6.07, 6.45) is 2.10. The zero-order valence-corrected chi connectivity index (χ0v) is 14.7. The lowest BCUT2D eigenvalue weighted by Crippen LogP contribution is -2.34. The first-order chi connectivity index (χ1) is 11.6. The number of anilines is 1. The molecule has 1 aromatic carbocycles. The highest BCUT2D eigenvalue weighted by Crippen LogP contribution is 2.29. The van der Waals surface area contributed by atoms with Gasteiger partial charge in [-0.15, -0.1) is 11.8 Å². The molecular weight excluding hydrogens is 352 g/mol. The van der Waals surface area contributed by atoms with Gasteiger partial charge in [-0.25, -0.2) is 0 Å². The van der Waals surface area contributed by atoms with E-state index >= 15 is 0 Å². The molecule has 130 valence electrons. The summed E-state index contributed by atoms with van der Waals surface area (Å²) < 4.78 is 11.3. The third-order valence-electron chi connectivity index (χ3n) is 3.82. The number of thioether (sulfide) groups is 1. The van der Waals surface area contributed by atoms with Crippen LogP contribution in [0.15, 0.2) is 18.2 Å². The van der Waals surface area contributed by atoms with E-state index in [4.69, 9.17) is 21.1 Å². The molecule has 2 amide bonds. The van der Waals surface area contributed by atoms with Gasteiger partial charge in [-0.2, -0.15) is 0 Å². The molecule has 2 fully saturated rings. The number of ether oxygens (including phenoxy) is 2. The predicted molar refractivity (Wildman–Crippen MR) is 93.6 cm³/mol. The first kappa shape index (κ1) is 17.4. The van der Waals surface area contributed by atoms with Gasteiger partial charge in [-0.3, -0.25) is 9.59 Å². The molecule has 0 radical (unpaired) electrons. The smallest absolute Gasteiger partial charge is 0.244 e. The van der Waals surface area contributed by atoms with E-state index in [1.807, 2.05) is 0 Å². The molecule has 0 unspecified atom stereocenters. The minimum atomic E-state index is -0.268. The highest BCUT2D eigenvalue weighted by molar-refractivity contribution is 8.00. The molecule has 0 bridgehead atoms. The van der Waals surface area contributed by atoms with Gasteiger partial charge in [0.05, 0.1) is 23.4 Å². The molecule has 0 aromatic heterocycles. The first-order valence-electron chi connectivity index (χ1n) is 7.81. The summed E-state index contributed by atoms with van der Waals surface area (Å²) in [6, 6.07) is 5.08. The number of benzene rings is 1. The molecule has 0 spiro atoms. The maximum absolute atomic E-state index is 12.2. The summed E-state index contributed by atoms with van der Waals surface area (Å²) in [5.74, 6) is 1.24. The maximum atomic E-state index is 12.2. The van der Waals surface area contributed by atoms with Crippen molar-refractivity contribution in [3.8, 4) is 5.75 Å². The highest BCUT2D eigenvalue weighted by atomic mass is 35.5. The van der Waals surface area contributed by atoms with Crippen molar-refractivity contribution in [2.45, 2.75) is 18.9 Å². The van der Waals surface area contributed by atoms with E-state index in [9.17, 15) is 9.59 Å². The SMILES string of the molecule is O=C(CN1CSCC1=O)Nc1cc(Cl)ccc1OC[C@@H]1CCCO1. The number of nitrogens with one attached hydrogen (secondary N) is 1. The Morgan fingerprint density at radius 1 is 1.50 bits per heavy atom. The van der Waals surface area contributed by atoms with Crippen molar-refractivity contribution in [2.75, 3.05) is 36.7 Å². The Morgan fingerprint density at radius 2 is 2.38 bits per heavy atom. The molecule has 0 saturated carbocycles. The Kier molecular flexibility index (Phi) is 5.86. The van der Waals surface area contributed by atoms with Crippen LogP contribution in [0.5, 0.6) is 5.75 Å². The number of amides is 2. The van der Waals surface area contributed by atoms with Crippen LogP contribution in [-0.2, 0) is 14.3 Å². The zero-order chi connectivity index (χ0) is 16.9. The van der Waals surface area contributed by atoms with E-state index in [0.29, 0.717) is 34.7 Å². The van der Waals surface area contributed by atoms with Crippen LogP contribution in [0.2, 0.25) is 5.02 Å². The van der Waals surface area contributed by atoms with Crippen LogP contribution in [0.1, 0.15) is 12.8 Å². The number of hydrogen-bond acceptors (Lipinski definition) is 5. The van der Waals surface area contributed by atoms with Crippen molar-refractivity contribution in [3.63, 3.8) is 0 Å². The number of carbonyl (C=O) groups is 2. The maximum Gasteiger partial charge on any atom is 0.244 e. The second kappa shape index (κ2) is 8.09. The Hall–Kier alpha value is -1.44. The number of hydrogen-bond donors (Lipinski definition) is 1. The Balaban J connectivity index is 1.61. The minimum Gasteiger partial charge on any atom is -0.489 e. The van der Waals surface area contributed by atoms with Crippen LogP contribution >= 0.6 is 23.4 Å². The molecule has 24 heavy (non-hydrogen) atoms. The molecule has 6 nitrogen and oxygen atoms in total. The molecule has 8 heteroatoms. The fraction of sp³-hybridized carbons (Fsp3) is 0.500. The van der Waals surface area contributed by atoms with E-state index in [1.165, 1.54) is 16.7 Å². The van der Waals surface area contributed by atoms with E-state index in [-0.39, 0.29) is 24.5 Å². The summed E-state index contributed by atoms with van der Waals surface area (Å²) in [4.78, 5) is 25.3. The van der Waals surface area contributed by atoms with Gasteiger partial charge in [0.15, 0.2) is 0 Å². The second-order valence-corrected chi connectivity index (χ2v) is 7.10. The van der Waals surface area contributed by atoms with Crippen molar-refractivity contribution >= 4 is 40.9 Å². The molecule has 0 aliphatic carbocycles. The molecule has 1 aromatic rings. The standard InChI is InChI=1S/C16H19ClN2O4S/c17-11-3-4-14(23-8-12-2-1-5-22-12)13(6-11)18-15(20)7-19-10-24-9-16(19)21/h3-4,6,12H,1-2,5,7-10H2,(H,18,20)/t12-/m0/s1. The van der Waals surface area contributed by atoms with Crippen LogP contribution in [0, 0.1) is 0 Å². The fourth-order valence-electron chi connectivity index (χ4n) is 2.59. The zero-order valence-electron chi connectivity index (χ0n) is 13.1. The van der Waals surface area contributed by atoms with Crippen molar-refractivity contribution in [1.82, 2.24) is 4.90 Å². The summed E-state index contributed by atoms with van der Waals surface area (Å²) in [6.45, 7) is 1.23. The predicted octanol–water partition coefficient (Wildman–Crippen LogP) is 2.37. The van der Waals surface area contributed by atoms with Gasteiger partial charge >= 0.3 is 0 Å². The van der Waals surface area contributed by atoms with Crippen LogP contribution in [0.3, 0.4) is 0 Å². The fourth-order valence-corrected chi connectivity index (χ4v) is 3.66. The van der Waals surface area contributed by atoms with Crippen molar-refractivity contribution in [2.24, 2.45) is 0 Å². The molecule has 2 heterocycles. The van der Waals surface area contributed by atoms with Crippen molar-refractivity contribution in [3.05, 3.63) is 23.2 Å². The normalized spacial score (nSPS) is 20.5. The quantitative estimate of drug-likeness (QED) is 0.832. The average molecular weight is 371 g/mol. The monoisotopic (exact) mass is 370 g/mol. The van der Waals surface area contributed by atoms with Gasteiger partial charge in [0.25, 0.3) is 0 Å². The number of carbonyl (C=O) groups excluding carboxylic acids is 2. The minimum absolute atomic E-state index is 0.0175.